The first-order chi connectivity index (χ1) is 8.32. The molecule has 0 saturated carbocycles. The van der Waals surface area contributed by atoms with E-state index >= 15 is 0 Å². The number of hydrogen-bond acceptors (Lipinski definition) is 3. The second-order valence-corrected chi connectivity index (χ2v) is 5.54. The van der Waals surface area contributed by atoms with E-state index < -0.39 is 15.9 Å². The minimum atomic E-state index is -4.04. The molecule has 0 heterocycles. The molecular formula is C11H15ClN2O3S. The Hall–Kier alpha value is -1.11. The van der Waals surface area contributed by atoms with Crippen LogP contribution in [0.15, 0.2) is 23.1 Å². The largest absolute Gasteiger partial charge is 0.339 e. The Morgan fingerprint density at radius 1 is 1.33 bits per heavy atom. The van der Waals surface area contributed by atoms with Crippen molar-refractivity contribution < 1.29 is 13.2 Å². The van der Waals surface area contributed by atoms with Crippen molar-refractivity contribution in [2.45, 2.75) is 18.7 Å². The van der Waals surface area contributed by atoms with Crippen LogP contribution in [0.3, 0.4) is 0 Å². The van der Waals surface area contributed by atoms with Gasteiger partial charge in [-0.15, -0.1) is 0 Å². The van der Waals surface area contributed by atoms with Crippen LogP contribution in [0.5, 0.6) is 0 Å². The number of halogens is 1. The zero-order valence-electron chi connectivity index (χ0n) is 10.2. The lowest BCUT2D eigenvalue weighted by Gasteiger charge is -2.20. The zero-order chi connectivity index (χ0) is 13.9. The molecule has 5 nitrogen and oxygen atoms in total. The summed E-state index contributed by atoms with van der Waals surface area (Å²) in [6, 6.07) is 4.32. The molecule has 0 spiro atoms. The Bertz CT molecular complexity index is 553. The van der Waals surface area contributed by atoms with Gasteiger partial charge < -0.3 is 4.90 Å². The van der Waals surface area contributed by atoms with Crippen LogP contribution in [-0.2, 0) is 10.0 Å². The summed E-state index contributed by atoms with van der Waals surface area (Å²) in [4.78, 5) is 13.4. The van der Waals surface area contributed by atoms with Gasteiger partial charge in [0.25, 0.3) is 5.91 Å². The molecule has 0 aliphatic heterocycles. The Morgan fingerprint density at radius 2 is 1.89 bits per heavy atom. The van der Waals surface area contributed by atoms with Gasteiger partial charge in [0, 0.05) is 13.1 Å². The van der Waals surface area contributed by atoms with E-state index in [9.17, 15) is 13.2 Å². The van der Waals surface area contributed by atoms with Gasteiger partial charge in [0.15, 0.2) is 0 Å². The summed E-state index contributed by atoms with van der Waals surface area (Å²) >= 11 is 5.82. The molecule has 0 aliphatic carbocycles. The monoisotopic (exact) mass is 290 g/mol. The predicted molar refractivity (Wildman–Crippen MR) is 70.1 cm³/mol. The molecule has 0 aliphatic rings. The molecule has 0 atom stereocenters. The van der Waals surface area contributed by atoms with Gasteiger partial charge in [-0.3, -0.25) is 4.79 Å². The molecule has 1 aromatic carbocycles. The Morgan fingerprint density at radius 3 is 2.33 bits per heavy atom. The highest BCUT2D eigenvalue weighted by molar-refractivity contribution is 7.89. The van der Waals surface area contributed by atoms with E-state index in [1.54, 1.807) is 0 Å². The summed E-state index contributed by atoms with van der Waals surface area (Å²) in [5.74, 6) is -0.397. The van der Waals surface area contributed by atoms with Crippen molar-refractivity contribution in [1.82, 2.24) is 4.90 Å². The lowest BCUT2D eigenvalue weighted by Crippen LogP contribution is -2.32. The highest BCUT2D eigenvalue weighted by Gasteiger charge is 2.24. The van der Waals surface area contributed by atoms with Gasteiger partial charge in [0.2, 0.25) is 10.0 Å². The van der Waals surface area contributed by atoms with E-state index in [4.69, 9.17) is 16.7 Å². The topological polar surface area (TPSA) is 80.5 Å². The summed E-state index contributed by atoms with van der Waals surface area (Å²) < 4.78 is 23.0. The molecule has 0 radical (unpaired) electrons. The number of nitrogens with two attached hydrogens (primary N) is 1. The Balaban J connectivity index is 3.43. The minimum Gasteiger partial charge on any atom is -0.339 e. The van der Waals surface area contributed by atoms with E-state index in [0.29, 0.717) is 13.1 Å². The van der Waals surface area contributed by atoms with Crippen molar-refractivity contribution in [3.63, 3.8) is 0 Å². The van der Waals surface area contributed by atoms with E-state index in [0.717, 1.165) is 0 Å². The predicted octanol–water partition coefficient (Wildman–Crippen LogP) is 1.47. The third-order valence-corrected chi connectivity index (χ3v) is 3.97. The van der Waals surface area contributed by atoms with Crippen LogP contribution in [-0.4, -0.2) is 32.3 Å². The maximum atomic E-state index is 12.2. The van der Waals surface area contributed by atoms with Gasteiger partial charge in [0.1, 0.15) is 4.90 Å². The fraction of sp³-hybridized carbons (Fsp3) is 0.364. The highest BCUT2D eigenvalue weighted by Crippen LogP contribution is 2.25. The first-order valence-corrected chi connectivity index (χ1v) is 7.35. The molecule has 7 heteroatoms. The number of nitrogens with zero attached hydrogens (tertiary/aromatic N) is 1. The SMILES string of the molecule is CCN(CC)C(=O)c1cccc(Cl)c1S(N)(=O)=O. The van der Waals surface area contributed by atoms with Crippen molar-refractivity contribution in [3.05, 3.63) is 28.8 Å². The molecule has 0 aromatic heterocycles. The van der Waals surface area contributed by atoms with Crippen LogP contribution in [0.4, 0.5) is 0 Å². The van der Waals surface area contributed by atoms with Crippen LogP contribution in [0.2, 0.25) is 5.02 Å². The normalized spacial score (nSPS) is 11.3. The summed E-state index contributed by atoms with van der Waals surface area (Å²) in [5, 5.41) is 5.05. The fourth-order valence-electron chi connectivity index (χ4n) is 1.65. The maximum absolute atomic E-state index is 12.2. The number of hydrogen-bond donors (Lipinski definition) is 1. The molecule has 18 heavy (non-hydrogen) atoms. The van der Waals surface area contributed by atoms with Crippen LogP contribution in [0, 0.1) is 0 Å². The van der Waals surface area contributed by atoms with Crippen molar-refractivity contribution in [2.75, 3.05) is 13.1 Å². The number of benzene rings is 1. The van der Waals surface area contributed by atoms with Crippen LogP contribution < -0.4 is 5.14 Å². The van der Waals surface area contributed by atoms with E-state index in [-0.39, 0.29) is 15.5 Å². The number of rotatable bonds is 4. The van der Waals surface area contributed by atoms with Gasteiger partial charge >= 0.3 is 0 Å². The van der Waals surface area contributed by atoms with E-state index in [1.807, 2.05) is 13.8 Å². The second-order valence-electron chi connectivity index (χ2n) is 3.64. The number of carbonyl (C=O) groups excluding carboxylic acids is 1. The fourth-order valence-corrected chi connectivity index (χ4v) is 2.95. The third-order valence-electron chi connectivity index (χ3n) is 2.53. The molecule has 1 aromatic rings. The van der Waals surface area contributed by atoms with Crippen molar-refractivity contribution in [1.29, 1.82) is 0 Å². The minimum absolute atomic E-state index is 0.00806. The molecule has 100 valence electrons. The molecule has 1 amide bonds. The van der Waals surface area contributed by atoms with Crippen LogP contribution in [0.25, 0.3) is 0 Å². The van der Waals surface area contributed by atoms with Crippen molar-refractivity contribution in [2.24, 2.45) is 5.14 Å². The van der Waals surface area contributed by atoms with Gasteiger partial charge in [0.05, 0.1) is 10.6 Å². The quantitative estimate of drug-likeness (QED) is 0.912. The first kappa shape index (κ1) is 14.9. The molecule has 0 saturated heterocycles. The van der Waals surface area contributed by atoms with Gasteiger partial charge in [-0.05, 0) is 26.0 Å². The molecule has 0 bridgehead atoms. The Labute approximate surface area is 112 Å². The summed E-state index contributed by atoms with van der Waals surface area (Å²) in [7, 11) is -4.04. The average Bonchev–Trinajstić information content (AvgIpc) is 2.28. The molecule has 1 rings (SSSR count). The first-order valence-electron chi connectivity index (χ1n) is 5.43. The van der Waals surface area contributed by atoms with Crippen molar-refractivity contribution >= 4 is 27.5 Å². The van der Waals surface area contributed by atoms with Crippen LogP contribution in [0.1, 0.15) is 24.2 Å². The van der Waals surface area contributed by atoms with E-state index in [2.05, 4.69) is 0 Å². The van der Waals surface area contributed by atoms with Crippen LogP contribution >= 0.6 is 11.6 Å². The lowest BCUT2D eigenvalue weighted by molar-refractivity contribution is 0.0769. The zero-order valence-corrected chi connectivity index (χ0v) is 11.8. The number of sulfonamides is 1. The standard InChI is InChI=1S/C11H15ClN2O3S/c1-3-14(4-2)11(15)8-6-5-7-9(12)10(8)18(13,16)17/h5-7H,3-4H2,1-2H3,(H2,13,16,17). The molecule has 2 N–H and O–H groups in total. The maximum Gasteiger partial charge on any atom is 0.255 e. The molecule has 0 unspecified atom stereocenters. The molecular weight excluding hydrogens is 276 g/mol. The summed E-state index contributed by atoms with van der Waals surface area (Å²) in [6.07, 6.45) is 0. The lowest BCUT2D eigenvalue weighted by atomic mass is 10.2. The molecule has 0 fully saturated rings. The average molecular weight is 291 g/mol. The summed E-state index contributed by atoms with van der Waals surface area (Å²) in [5.41, 5.74) is 0.00806. The van der Waals surface area contributed by atoms with Crippen molar-refractivity contribution in [3.8, 4) is 0 Å². The smallest absolute Gasteiger partial charge is 0.255 e. The van der Waals surface area contributed by atoms with E-state index in [1.165, 1.54) is 23.1 Å². The highest BCUT2D eigenvalue weighted by atomic mass is 35.5. The van der Waals surface area contributed by atoms with Gasteiger partial charge in [-0.1, -0.05) is 17.7 Å². The van der Waals surface area contributed by atoms with Gasteiger partial charge in [-0.25, -0.2) is 13.6 Å². The van der Waals surface area contributed by atoms with Gasteiger partial charge in [-0.2, -0.15) is 0 Å². The second kappa shape index (κ2) is 5.69. The Kier molecular flexibility index (Phi) is 4.72. The summed E-state index contributed by atoms with van der Waals surface area (Å²) in [6.45, 7) is 4.57. The number of primary sulfonamides is 1. The number of carbonyl (C=O) groups is 1. The third kappa shape index (κ3) is 3.01. The number of amides is 1.